The molecule has 2 N–H and O–H groups in total. The molecule has 9 nitrogen and oxygen atoms in total. The van der Waals surface area contributed by atoms with E-state index in [-0.39, 0.29) is 19.5 Å². The quantitative estimate of drug-likeness (QED) is 0.603. The molecule has 0 unspecified atom stereocenters. The maximum atomic E-state index is 12.8. The second-order valence-corrected chi connectivity index (χ2v) is 9.63. The lowest BCUT2D eigenvalue weighted by Crippen LogP contribution is -2.47. The first kappa shape index (κ1) is 18.8. The third-order valence-corrected chi connectivity index (χ3v) is 7.40. The monoisotopic (exact) mass is 377 g/mol. The molecule has 0 spiro atoms. The fraction of sp³-hybridized carbons (Fsp3) is 0.538. The molecular weight excluding hydrogens is 358 g/mol. The van der Waals surface area contributed by atoms with Crippen molar-refractivity contribution in [3.63, 3.8) is 0 Å². The van der Waals surface area contributed by atoms with Crippen LogP contribution in [0.2, 0.25) is 0 Å². The zero-order chi connectivity index (χ0) is 18.3. The zero-order valence-electron chi connectivity index (χ0n) is 13.3. The molecule has 1 aliphatic heterocycles. The van der Waals surface area contributed by atoms with Gasteiger partial charge in [0.15, 0.2) is 4.90 Å². The van der Waals surface area contributed by atoms with Gasteiger partial charge in [0.05, 0.1) is 10.2 Å². The number of nitrogens with zero attached hydrogens (tertiary/aromatic N) is 2. The number of rotatable bonds is 4. The van der Waals surface area contributed by atoms with Gasteiger partial charge in [-0.3, -0.25) is 10.1 Å². The van der Waals surface area contributed by atoms with Crippen LogP contribution in [-0.2, 0) is 20.0 Å². The highest BCUT2D eigenvalue weighted by Gasteiger charge is 2.38. The second kappa shape index (κ2) is 6.39. The Morgan fingerprint density at radius 2 is 1.79 bits per heavy atom. The number of primary sulfonamides is 1. The molecule has 1 atom stereocenters. The van der Waals surface area contributed by atoms with Crippen molar-refractivity contribution in [1.82, 2.24) is 4.31 Å². The summed E-state index contributed by atoms with van der Waals surface area (Å²) < 4.78 is 49.7. The molecule has 1 heterocycles. The number of piperidine rings is 1. The highest BCUT2D eigenvalue weighted by atomic mass is 32.2. The molecule has 0 bridgehead atoms. The molecule has 11 heteroatoms. The molecule has 1 aromatic rings. The Balaban J connectivity index is 2.51. The van der Waals surface area contributed by atoms with Gasteiger partial charge in [-0.25, -0.2) is 22.0 Å². The van der Waals surface area contributed by atoms with Gasteiger partial charge in [0, 0.05) is 19.2 Å². The summed E-state index contributed by atoms with van der Waals surface area (Å²) in [6, 6.07) is 2.46. The van der Waals surface area contributed by atoms with Crippen LogP contribution in [0.25, 0.3) is 0 Å². The van der Waals surface area contributed by atoms with E-state index in [9.17, 15) is 26.9 Å². The van der Waals surface area contributed by atoms with Crippen molar-refractivity contribution in [1.29, 1.82) is 0 Å². The molecule has 134 valence electrons. The van der Waals surface area contributed by atoms with Crippen LogP contribution >= 0.6 is 0 Å². The minimum Gasteiger partial charge on any atom is -0.258 e. The van der Waals surface area contributed by atoms with E-state index in [0.29, 0.717) is 17.5 Å². The predicted octanol–water partition coefficient (Wildman–Crippen LogP) is 0.653. The van der Waals surface area contributed by atoms with Crippen LogP contribution in [0, 0.1) is 24.0 Å². The highest BCUT2D eigenvalue weighted by molar-refractivity contribution is 7.90. The molecule has 0 aliphatic carbocycles. The summed E-state index contributed by atoms with van der Waals surface area (Å²) in [6.07, 6.45) is 0.582. The molecule has 0 saturated carbocycles. The Kier molecular flexibility index (Phi) is 5.00. The van der Waals surface area contributed by atoms with E-state index in [1.807, 2.05) is 0 Å². The Morgan fingerprint density at radius 1 is 1.21 bits per heavy atom. The Bertz CT molecular complexity index is 879. The molecule has 24 heavy (non-hydrogen) atoms. The molecular formula is C13H19N3O6S2. The molecule has 1 aliphatic rings. The van der Waals surface area contributed by atoms with Crippen molar-refractivity contribution in [2.24, 2.45) is 5.14 Å². The number of nitrogens with two attached hydrogens (primary N) is 1. The van der Waals surface area contributed by atoms with E-state index in [1.54, 1.807) is 13.8 Å². The summed E-state index contributed by atoms with van der Waals surface area (Å²) in [4.78, 5) is 10.1. The van der Waals surface area contributed by atoms with E-state index in [1.165, 1.54) is 12.1 Å². The van der Waals surface area contributed by atoms with E-state index >= 15 is 0 Å². The molecule has 1 saturated heterocycles. The Hall–Kier alpha value is -1.56. The first-order valence-corrected chi connectivity index (χ1v) is 10.3. The number of nitro benzene ring substituents is 1. The molecule has 0 amide bonds. The fourth-order valence-corrected chi connectivity index (χ4v) is 5.38. The van der Waals surface area contributed by atoms with Gasteiger partial charge in [-0.15, -0.1) is 0 Å². The highest BCUT2D eigenvalue weighted by Crippen LogP contribution is 2.31. The molecule has 1 aromatic carbocycles. The SMILES string of the molecule is Cc1cc([N+](=O)[O-])c(S(=O)(=O)N2CCC[C@H](S(N)(=O)=O)C2)cc1C. The van der Waals surface area contributed by atoms with Crippen LogP contribution in [0.4, 0.5) is 5.69 Å². The van der Waals surface area contributed by atoms with E-state index in [4.69, 9.17) is 5.14 Å². The van der Waals surface area contributed by atoms with Gasteiger partial charge in [-0.1, -0.05) is 0 Å². The summed E-state index contributed by atoms with van der Waals surface area (Å²) in [5.74, 6) is 0. The second-order valence-electron chi connectivity index (χ2n) is 5.88. The summed E-state index contributed by atoms with van der Waals surface area (Å²) in [6.45, 7) is 3.10. The number of hydrogen-bond acceptors (Lipinski definition) is 6. The number of benzene rings is 1. The molecule has 1 fully saturated rings. The fourth-order valence-electron chi connectivity index (χ4n) is 2.65. The molecule has 0 radical (unpaired) electrons. The van der Waals surface area contributed by atoms with Crippen molar-refractivity contribution in [2.45, 2.75) is 36.8 Å². The molecule has 2 rings (SSSR count). The average molecular weight is 377 g/mol. The third-order valence-electron chi connectivity index (χ3n) is 4.20. The zero-order valence-corrected chi connectivity index (χ0v) is 14.9. The van der Waals surface area contributed by atoms with Crippen LogP contribution in [0.1, 0.15) is 24.0 Å². The molecule has 0 aromatic heterocycles. The van der Waals surface area contributed by atoms with Crippen LogP contribution in [0.5, 0.6) is 0 Å². The maximum Gasteiger partial charge on any atom is 0.289 e. The predicted molar refractivity (Wildman–Crippen MR) is 87.5 cm³/mol. The minimum absolute atomic E-state index is 0.0957. The minimum atomic E-state index is -4.20. The number of sulfonamides is 2. The van der Waals surface area contributed by atoms with Crippen LogP contribution < -0.4 is 5.14 Å². The number of aryl methyl sites for hydroxylation is 2. The standard InChI is InChI=1S/C13H19N3O6S2/c1-9-6-12(16(17)18)13(7-10(9)2)24(21,22)15-5-3-4-11(8-15)23(14,19)20/h6-7,11H,3-5,8H2,1-2H3,(H2,14,19,20)/t11-/m0/s1. The lowest BCUT2D eigenvalue weighted by atomic mass is 10.1. The van der Waals surface area contributed by atoms with Gasteiger partial charge in [0.2, 0.25) is 20.0 Å². The van der Waals surface area contributed by atoms with Crippen molar-refractivity contribution in [3.8, 4) is 0 Å². The van der Waals surface area contributed by atoms with Gasteiger partial charge < -0.3 is 0 Å². The van der Waals surface area contributed by atoms with Crippen molar-refractivity contribution >= 4 is 25.7 Å². The first-order valence-electron chi connectivity index (χ1n) is 7.22. The number of nitro groups is 1. The first-order chi connectivity index (χ1) is 10.9. The van der Waals surface area contributed by atoms with Gasteiger partial charge in [0.25, 0.3) is 5.69 Å². The van der Waals surface area contributed by atoms with Crippen molar-refractivity contribution < 1.29 is 21.8 Å². The smallest absolute Gasteiger partial charge is 0.258 e. The van der Waals surface area contributed by atoms with E-state index in [0.717, 1.165) is 4.31 Å². The topological polar surface area (TPSA) is 141 Å². The largest absolute Gasteiger partial charge is 0.289 e. The number of hydrogen-bond donors (Lipinski definition) is 1. The van der Waals surface area contributed by atoms with Crippen LogP contribution in [-0.4, -0.2) is 44.4 Å². The summed E-state index contributed by atoms with van der Waals surface area (Å²) in [7, 11) is -8.08. The maximum absolute atomic E-state index is 12.8. The van der Waals surface area contributed by atoms with Gasteiger partial charge in [-0.2, -0.15) is 4.31 Å². The van der Waals surface area contributed by atoms with Gasteiger partial charge in [-0.05, 0) is 43.9 Å². The Morgan fingerprint density at radius 3 is 2.33 bits per heavy atom. The lowest BCUT2D eigenvalue weighted by Gasteiger charge is -2.30. The summed E-state index contributed by atoms with van der Waals surface area (Å²) in [5, 5.41) is 15.4. The Labute approximate surface area is 140 Å². The normalized spacial score (nSPS) is 20.0. The van der Waals surface area contributed by atoms with Crippen molar-refractivity contribution in [2.75, 3.05) is 13.1 Å². The van der Waals surface area contributed by atoms with E-state index < -0.39 is 40.8 Å². The third kappa shape index (κ3) is 3.58. The average Bonchev–Trinajstić information content (AvgIpc) is 2.48. The lowest BCUT2D eigenvalue weighted by molar-refractivity contribution is -0.387. The van der Waals surface area contributed by atoms with E-state index in [2.05, 4.69) is 0 Å². The van der Waals surface area contributed by atoms with Crippen molar-refractivity contribution in [3.05, 3.63) is 33.4 Å². The van der Waals surface area contributed by atoms with Crippen LogP contribution in [0.15, 0.2) is 17.0 Å². The van der Waals surface area contributed by atoms with Crippen LogP contribution in [0.3, 0.4) is 0 Å². The summed E-state index contributed by atoms with van der Waals surface area (Å²) in [5.41, 5.74) is 0.678. The van der Waals surface area contributed by atoms with Gasteiger partial charge >= 0.3 is 0 Å². The summed E-state index contributed by atoms with van der Waals surface area (Å²) >= 11 is 0. The van der Waals surface area contributed by atoms with Gasteiger partial charge in [0.1, 0.15) is 0 Å².